The molecule has 1 N–H and O–H groups in total. The molecular weight excluding hydrogens is 392 g/mol. The Morgan fingerprint density at radius 1 is 0.500 bits per heavy atom. The normalized spacial score (nSPS) is 11.2. The van der Waals surface area contributed by atoms with Gasteiger partial charge in [0.25, 0.3) is 0 Å². The Hall–Kier alpha value is -1.18. The van der Waals surface area contributed by atoms with E-state index in [-0.39, 0.29) is 5.75 Å². The van der Waals surface area contributed by atoms with Crippen LogP contribution in [0.2, 0.25) is 0 Å². The molecule has 0 heterocycles. The van der Waals surface area contributed by atoms with Crippen LogP contribution in [0.3, 0.4) is 0 Å². The fourth-order valence-electron chi connectivity index (χ4n) is 4.47. The molecule has 2 nitrogen and oxygen atoms in total. The van der Waals surface area contributed by atoms with Crippen molar-refractivity contribution in [1.82, 2.24) is 0 Å². The zero-order valence-corrected chi connectivity index (χ0v) is 21.4. The van der Waals surface area contributed by atoms with Gasteiger partial charge in [-0.05, 0) is 18.6 Å². The van der Waals surface area contributed by atoms with E-state index in [0.29, 0.717) is 12.4 Å². The van der Waals surface area contributed by atoms with Crippen molar-refractivity contribution < 1.29 is 9.84 Å². The summed E-state index contributed by atoms with van der Waals surface area (Å²) in [5.74, 6) is 0.849. The lowest BCUT2D eigenvalue weighted by Gasteiger charge is -2.07. The topological polar surface area (TPSA) is 29.5 Å². The molecule has 0 aliphatic rings. The second-order valence-electron chi connectivity index (χ2n) is 9.74. The second-order valence-corrected chi connectivity index (χ2v) is 9.74. The van der Waals surface area contributed by atoms with Gasteiger partial charge in [0.2, 0.25) is 0 Å². The first-order chi connectivity index (χ1) is 15.8. The van der Waals surface area contributed by atoms with E-state index in [1.807, 2.05) is 18.2 Å². The van der Waals surface area contributed by atoms with Crippen molar-refractivity contribution in [2.45, 2.75) is 148 Å². The van der Waals surface area contributed by atoms with E-state index in [9.17, 15) is 5.11 Å². The van der Waals surface area contributed by atoms with E-state index >= 15 is 0 Å². The molecule has 0 bridgehead atoms. The Morgan fingerprint density at radius 3 is 1.22 bits per heavy atom. The van der Waals surface area contributed by atoms with Crippen molar-refractivity contribution in [2.75, 3.05) is 6.61 Å². The van der Waals surface area contributed by atoms with E-state index in [2.05, 4.69) is 6.92 Å². The Labute approximate surface area is 200 Å². The second kappa shape index (κ2) is 23.0. The first kappa shape index (κ1) is 28.9. The SMILES string of the molecule is CCCCCCCCCCCCCCCCCCCCCCCCOc1ccccc1O. The van der Waals surface area contributed by atoms with Gasteiger partial charge >= 0.3 is 0 Å². The summed E-state index contributed by atoms with van der Waals surface area (Å²) in [7, 11) is 0. The maximum absolute atomic E-state index is 9.66. The molecule has 2 heteroatoms. The van der Waals surface area contributed by atoms with Crippen LogP contribution >= 0.6 is 0 Å². The molecule has 1 aromatic rings. The number of ether oxygens (including phenoxy) is 1. The molecule has 0 spiro atoms. The summed E-state index contributed by atoms with van der Waals surface area (Å²) in [6.45, 7) is 3.00. The number of benzene rings is 1. The Kier molecular flexibility index (Phi) is 20.7. The number of phenols is 1. The highest BCUT2D eigenvalue weighted by molar-refractivity contribution is 5.37. The fraction of sp³-hybridized carbons (Fsp3) is 0.800. The van der Waals surface area contributed by atoms with Crippen LogP contribution in [0.15, 0.2) is 24.3 Å². The highest BCUT2D eigenvalue weighted by Gasteiger charge is 2.00. The van der Waals surface area contributed by atoms with Crippen molar-refractivity contribution >= 4 is 0 Å². The third-order valence-corrected chi connectivity index (χ3v) is 6.62. The Morgan fingerprint density at radius 2 is 0.844 bits per heavy atom. The molecule has 0 saturated heterocycles. The molecule has 186 valence electrons. The first-order valence-corrected chi connectivity index (χ1v) is 14.3. The number of rotatable bonds is 24. The zero-order chi connectivity index (χ0) is 23.0. The molecule has 0 aromatic heterocycles. The van der Waals surface area contributed by atoms with Crippen LogP contribution in [0.1, 0.15) is 148 Å². The van der Waals surface area contributed by atoms with Gasteiger partial charge in [-0.3, -0.25) is 0 Å². The van der Waals surface area contributed by atoms with E-state index in [1.165, 1.54) is 135 Å². The largest absolute Gasteiger partial charge is 0.504 e. The standard InChI is InChI=1S/C30H54O2/c1-2-3-4-5-6-7-8-9-10-11-12-13-14-15-16-17-18-19-20-21-22-25-28-32-30-27-24-23-26-29(30)31/h23-24,26-27,31H,2-22,25,28H2,1H3. The Bertz CT molecular complexity index is 499. The molecule has 0 saturated carbocycles. The van der Waals surface area contributed by atoms with Crippen molar-refractivity contribution in [3.05, 3.63) is 24.3 Å². The van der Waals surface area contributed by atoms with Crippen LogP contribution in [-0.2, 0) is 0 Å². The van der Waals surface area contributed by atoms with Crippen molar-refractivity contribution in [3.63, 3.8) is 0 Å². The van der Waals surface area contributed by atoms with E-state index in [4.69, 9.17) is 4.74 Å². The van der Waals surface area contributed by atoms with Crippen molar-refractivity contribution in [1.29, 1.82) is 0 Å². The molecule has 1 rings (SSSR count). The minimum atomic E-state index is 0.242. The number of unbranched alkanes of at least 4 members (excludes halogenated alkanes) is 21. The van der Waals surface area contributed by atoms with Crippen molar-refractivity contribution in [3.8, 4) is 11.5 Å². The third-order valence-electron chi connectivity index (χ3n) is 6.62. The van der Waals surface area contributed by atoms with Gasteiger partial charge in [0.15, 0.2) is 11.5 Å². The van der Waals surface area contributed by atoms with Gasteiger partial charge in [-0.2, -0.15) is 0 Å². The van der Waals surface area contributed by atoms with Crippen LogP contribution in [-0.4, -0.2) is 11.7 Å². The molecule has 0 aliphatic carbocycles. The highest BCUT2D eigenvalue weighted by Crippen LogP contribution is 2.24. The maximum Gasteiger partial charge on any atom is 0.160 e. The average molecular weight is 447 g/mol. The van der Waals surface area contributed by atoms with Gasteiger partial charge in [0, 0.05) is 0 Å². The summed E-state index contributed by atoms with van der Waals surface area (Å²) < 4.78 is 5.63. The first-order valence-electron chi connectivity index (χ1n) is 14.3. The number of aromatic hydroxyl groups is 1. The molecule has 0 aliphatic heterocycles. The minimum absolute atomic E-state index is 0.242. The molecule has 1 aromatic carbocycles. The summed E-state index contributed by atoms with van der Waals surface area (Å²) in [5, 5.41) is 9.66. The quantitative estimate of drug-likeness (QED) is 0.160. The minimum Gasteiger partial charge on any atom is -0.504 e. The van der Waals surface area contributed by atoms with Crippen LogP contribution in [0, 0.1) is 0 Å². The van der Waals surface area contributed by atoms with Gasteiger partial charge in [0.05, 0.1) is 6.61 Å². The fourth-order valence-corrected chi connectivity index (χ4v) is 4.47. The lowest BCUT2D eigenvalue weighted by molar-refractivity contribution is 0.288. The number of hydrogen-bond acceptors (Lipinski definition) is 2. The number of phenolic OH excluding ortho intramolecular Hbond substituents is 1. The van der Waals surface area contributed by atoms with E-state index in [0.717, 1.165) is 6.42 Å². The lowest BCUT2D eigenvalue weighted by atomic mass is 10.0. The Balaban J connectivity index is 1.68. The van der Waals surface area contributed by atoms with E-state index < -0.39 is 0 Å². The molecule has 0 atom stereocenters. The monoisotopic (exact) mass is 446 g/mol. The van der Waals surface area contributed by atoms with Gasteiger partial charge < -0.3 is 9.84 Å². The zero-order valence-electron chi connectivity index (χ0n) is 21.4. The predicted octanol–water partition coefficient (Wildman–Crippen LogP) is 10.4. The molecule has 0 fully saturated rings. The van der Waals surface area contributed by atoms with Crippen LogP contribution in [0.4, 0.5) is 0 Å². The number of hydrogen-bond donors (Lipinski definition) is 1. The summed E-state index contributed by atoms with van der Waals surface area (Å²) in [6.07, 6.45) is 31.0. The summed E-state index contributed by atoms with van der Waals surface area (Å²) in [6, 6.07) is 7.22. The molecule has 0 unspecified atom stereocenters. The van der Waals surface area contributed by atoms with Crippen LogP contribution in [0.5, 0.6) is 11.5 Å². The van der Waals surface area contributed by atoms with Gasteiger partial charge in [-0.15, -0.1) is 0 Å². The summed E-state index contributed by atoms with van der Waals surface area (Å²) >= 11 is 0. The summed E-state index contributed by atoms with van der Waals surface area (Å²) in [5.41, 5.74) is 0. The van der Waals surface area contributed by atoms with Crippen LogP contribution in [0.25, 0.3) is 0 Å². The highest BCUT2D eigenvalue weighted by atomic mass is 16.5. The smallest absolute Gasteiger partial charge is 0.160 e. The van der Waals surface area contributed by atoms with Gasteiger partial charge in [-0.25, -0.2) is 0 Å². The summed E-state index contributed by atoms with van der Waals surface area (Å²) in [4.78, 5) is 0. The lowest BCUT2D eigenvalue weighted by Crippen LogP contribution is -1.97. The molecule has 32 heavy (non-hydrogen) atoms. The van der Waals surface area contributed by atoms with Crippen LogP contribution < -0.4 is 4.74 Å². The van der Waals surface area contributed by atoms with Gasteiger partial charge in [-0.1, -0.05) is 154 Å². The van der Waals surface area contributed by atoms with E-state index in [1.54, 1.807) is 6.07 Å². The molecule has 0 amide bonds. The number of para-hydroxylation sites is 2. The average Bonchev–Trinajstić information content (AvgIpc) is 2.80. The molecular formula is C30H54O2. The van der Waals surface area contributed by atoms with Crippen molar-refractivity contribution in [2.24, 2.45) is 0 Å². The third kappa shape index (κ3) is 18.4. The van der Waals surface area contributed by atoms with Gasteiger partial charge in [0.1, 0.15) is 0 Å². The molecule has 0 radical (unpaired) electrons. The maximum atomic E-state index is 9.66. The predicted molar refractivity (Wildman–Crippen MR) is 141 cm³/mol.